The summed E-state index contributed by atoms with van der Waals surface area (Å²) in [5, 5.41) is 0. The van der Waals surface area contributed by atoms with Crippen molar-refractivity contribution in [2.75, 3.05) is 0 Å². The predicted octanol–water partition coefficient (Wildman–Crippen LogP) is 4.01. The van der Waals surface area contributed by atoms with Gasteiger partial charge in [0, 0.05) is 0 Å². The molecule has 0 aromatic heterocycles. The maximum atomic E-state index is 5.84. The summed E-state index contributed by atoms with van der Waals surface area (Å²) in [6, 6.07) is 10.2. The summed E-state index contributed by atoms with van der Waals surface area (Å²) < 4.78 is 11.2. The molecule has 0 spiro atoms. The van der Waals surface area contributed by atoms with Crippen LogP contribution in [0.15, 0.2) is 54.3 Å². The monoisotopic (exact) mass is 246 g/mol. The lowest BCUT2D eigenvalue weighted by Gasteiger charge is -2.23. The second-order valence-electron chi connectivity index (χ2n) is 5.22. The van der Waals surface area contributed by atoms with Crippen LogP contribution in [0.1, 0.15) is 11.7 Å². The quantitative estimate of drug-likeness (QED) is 0.734. The Morgan fingerprint density at radius 2 is 1.82 bits per heavy atom. The Bertz CT molecular complexity index is 429. The van der Waals surface area contributed by atoms with Crippen LogP contribution in [0.2, 0.25) is 19.6 Å². The summed E-state index contributed by atoms with van der Waals surface area (Å²) in [5.41, 5.74) is 3.28. The maximum absolute atomic E-state index is 5.84. The Morgan fingerprint density at radius 1 is 1.12 bits per heavy atom. The molecule has 2 nitrogen and oxygen atoms in total. The minimum Gasteiger partial charge on any atom is -0.453 e. The minimum absolute atomic E-state index is 0.0347. The highest BCUT2D eigenvalue weighted by Crippen LogP contribution is 2.27. The van der Waals surface area contributed by atoms with Gasteiger partial charge in [0.15, 0.2) is 0 Å². The van der Waals surface area contributed by atoms with Crippen LogP contribution in [0.25, 0.3) is 0 Å². The lowest BCUT2D eigenvalue weighted by atomic mass is 10.1. The van der Waals surface area contributed by atoms with E-state index in [-0.39, 0.29) is 6.10 Å². The third-order valence-corrected chi connectivity index (χ3v) is 3.46. The molecule has 0 saturated carbocycles. The van der Waals surface area contributed by atoms with Crippen LogP contribution in [0, 0.1) is 0 Å². The summed E-state index contributed by atoms with van der Waals surface area (Å²) in [6.07, 6.45) is 3.61. The van der Waals surface area contributed by atoms with E-state index in [1.807, 2.05) is 24.3 Å². The molecule has 1 aliphatic rings. The van der Waals surface area contributed by atoms with Gasteiger partial charge < -0.3 is 9.47 Å². The first kappa shape index (κ1) is 12.0. The first-order valence-electron chi connectivity index (χ1n) is 5.82. The molecule has 0 aliphatic carbocycles. The van der Waals surface area contributed by atoms with Gasteiger partial charge in [-0.15, -0.1) is 0 Å². The van der Waals surface area contributed by atoms with Gasteiger partial charge in [-0.25, -0.2) is 0 Å². The van der Waals surface area contributed by atoms with E-state index in [1.54, 1.807) is 6.26 Å². The SMILES string of the molecule is C[Si](C)(C)/C=C1\OC=CC(c2ccccc2)O1. The number of ether oxygens (including phenoxy) is 2. The van der Waals surface area contributed by atoms with E-state index in [4.69, 9.17) is 9.47 Å². The summed E-state index contributed by atoms with van der Waals surface area (Å²) in [6.45, 7) is 6.76. The zero-order chi connectivity index (χ0) is 12.3. The van der Waals surface area contributed by atoms with Gasteiger partial charge in [0.25, 0.3) is 5.95 Å². The molecule has 1 atom stereocenters. The molecule has 1 aliphatic heterocycles. The second kappa shape index (κ2) is 4.80. The van der Waals surface area contributed by atoms with Crippen molar-refractivity contribution in [1.29, 1.82) is 0 Å². The summed E-state index contributed by atoms with van der Waals surface area (Å²) >= 11 is 0. The van der Waals surface area contributed by atoms with Gasteiger partial charge in [-0.1, -0.05) is 50.0 Å². The highest BCUT2D eigenvalue weighted by molar-refractivity contribution is 6.81. The zero-order valence-electron chi connectivity index (χ0n) is 10.5. The maximum Gasteiger partial charge on any atom is 0.276 e. The predicted molar refractivity (Wildman–Crippen MR) is 71.9 cm³/mol. The van der Waals surface area contributed by atoms with Gasteiger partial charge in [-0.2, -0.15) is 0 Å². The Hall–Kier alpha value is -1.48. The van der Waals surface area contributed by atoms with Gasteiger partial charge in [-0.05, 0) is 17.3 Å². The molecular weight excluding hydrogens is 228 g/mol. The van der Waals surface area contributed by atoms with E-state index in [0.717, 1.165) is 5.56 Å². The first-order chi connectivity index (χ1) is 8.04. The Balaban J connectivity index is 2.16. The fraction of sp³-hybridized carbons (Fsp3) is 0.286. The van der Waals surface area contributed by atoms with Crippen molar-refractivity contribution >= 4 is 8.07 Å². The summed E-state index contributed by atoms with van der Waals surface area (Å²) in [7, 11) is -1.32. The Labute approximate surface area is 104 Å². The lowest BCUT2D eigenvalue weighted by Crippen LogP contribution is -2.19. The van der Waals surface area contributed by atoms with Gasteiger partial charge >= 0.3 is 0 Å². The zero-order valence-corrected chi connectivity index (χ0v) is 11.5. The largest absolute Gasteiger partial charge is 0.453 e. The van der Waals surface area contributed by atoms with Gasteiger partial charge in [-0.3, -0.25) is 0 Å². The molecule has 0 amide bonds. The van der Waals surface area contributed by atoms with E-state index in [1.165, 1.54) is 0 Å². The molecule has 0 saturated heterocycles. The molecule has 0 N–H and O–H groups in total. The molecular formula is C14H18O2Si. The summed E-state index contributed by atoms with van der Waals surface area (Å²) in [5.74, 6) is 0.639. The number of benzene rings is 1. The van der Waals surface area contributed by atoms with Crippen LogP contribution in [0.4, 0.5) is 0 Å². The van der Waals surface area contributed by atoms with Crippen molar-refractivity contribution in [3.05, 3.63) is 59.9 Å². The van der Waals surface area contributed by atoms with Crippen molar-refractivity contribution in [1.82, 2.24) is 0 Å². The molecule has 1 aromatic carbocycles. The average Bonchev–Trinajstić information content (AvgIpc) is 2.28. The van der Waals surface area contributed by atoms with E-state index < -0.39 is 8.07 Å². The minimum atomic E-state index is -1.32. The second-order valence-corrected chi connectivity index (χ2v) is 10.2. The van der Waals surface area contributed by atoms with Crippen molar-refractivity contribution in [3.63, 3.8) is 0 Å². The van der Waals surface area contributed by atoms with E-state index in [0.29, 0.717) is 5.95 Å². The number of hydrogen-bond acceptors (Lipinski definition) is 2. The molecule has 3 heteroatoms. The average molecular weight is 246 g/mol. The van der Waals surface area contributed by atoms with Crippen LogP contribution in [0.5, 0.6) is 0 Å². The third kappa shape index (κ3) is 3.49. The molecule has 17 heavy (non-hydrogen) atoms. The highest BCUT2D eigenvalue weighted by Gasteiger charge is 2.19. The van der Waals surface area contributed by atoms with Crippen LogP contribution in [-0.4, -0.2) is 8.07 Å². The van der Waals surface area contributed by atoms with Crippen molar-refractivity contribution < 1.29 is 9.47 Å². The van der Waals surface area contributed by atoms with Crippen LogP contribution < -0.4 is 0 Å². The van der Waals surface area contributed by atoms with Gasteiger partial charge in [0.2, 0.25) is 0 Å². The fourth-order valence-corrected chi connectivity index (χ4v) is 2.46. The van der Waals surface area contributed by atoms with Crippen LogP contribution in [-0.2, 0) is 9.47 Å². The van der Waals surface area contributed by atoms with E-state index >= 15 is 0 Å². The molecule has 1 aromatic rings. The standard InChI is InChI=1S/C14H18O2Si/c1-17(2,3)11-14-15-10-9-13(16-14)12-7-5-4-6-8-12/h4-11,13H,1-3H3/b14-11+. The molecule has 0 bridgehead atoms. The topological polar surface area (TPSA) is 18.5 Å². The van der Waals surface area contributed by atoms with Crippen LogP contribution in [0.3, 0.4) is 0 Å². The van der Waals surface area contributed by atoms with Crippen molar-refractivity contribution in [2.45, 2.75) is 25.7 Å². The molecule has 0 radical (unpaired) electrons. The van der Waals surface area contributed by atoms with E-state index in [9.17, 15) is 0 Å². The molecule has 0 fully saturated rings. The molecule has 90 valence electrons. The normalized spacial score (nSPS) is 22.1. The van der Waals surface area contributed by atoms with Crippen molar-refractivity contribution in [2.24, 2.45) is 0 Å². The van der Waals surface area contributed by atoms with Gasteiger partial charge in [0.1, 0.15) is 6.10 Å². The Kier molecular flexibility index (Phi) is 3.38. The first-order valence-corrected chi connectivity index (χ1v) is 9.40. The molecule has 1 unspecified atom stereocenters. The smallest absolute Gasteiger partial charge is 0.276 e. The third-order valence-electron chi connectivity index (χ3n) is 2.36. The van der Waals surface area contributed by atoms with Crippen molar-refractivity contribution in [3.8, 4) is 0 Å². The highest BCUT2D eigenvalue weighted by atomic mass is 28.3. The van der Waals surface area contributed by atoms with Gasteiger partial charge in [0.05, 0.1) is 14.3 Å². The fourth-order valence-electron chi connectivity index (χ4n) is 1.61. The summed E-state index contributed by atoms with van der Waals surface area (Å²) in [4.78, 5) is 0. The number of rotatable bonds is 2. The van der Waals surface area contributed by atoms with E-state index in [2.05, 4.69) is 37.5 Å². The van der Waals surface area contributed by atoms with Crippen LogP contribution >= 0.6 is 0 Å². The molecule has 1 heterocycles. The molecule has 2 rings (SSSR count). The lowest BCUT2D eigenvalue weighted by molar-refractivity contribution is 0.0275. The Morgan fingerprint density at radius 3 is 2.47 bits per heavy atom. The number of hydrogen-bond donors (Lipinski definition) is 0.